The number of carbonyl (C=O) groups is 1. The van der Waals surface area contributed by atoms with E-state index in [1.54, 1.807) is 12.0 Å². The summed E-state index contributed by atoms with van der Waals surface area (Å²) in [7, 11) is 1.69. The molecule has 0 unspecified atom stereocenters. The van der Waals surface area contributed by atoms with E-state index in [4.69, 9.17) is 14.2 Å². The number of methoxy groups -OCH3 is 1. The largest absolute Gasteiger partial charge is 0.444 e. The molecule has 2 aliphatic heterocycles. The van der Waals surface area contributed by atoms with Gasteiger partial charge in [0.25, 0.3) is 0 Å². The zero-order valence-electron chi connectivity index (χ0n) is 11.0. The Balaban J connectivity index is 1.88. The third kappa shape index (κ3) is 2.40. The van der Waals surface area contributed by atoms with Crippen LogP contribution in [0, 0.1) is 0 Å². The van der Waals surface area contributed by atoms with Crippen molar-refractivity contribution in [3.8, 4) is 0 Å². The normalized spacial score (nSPS) is 27.1. The number of rotatable bonds is 1. The Morgan fingerprint density at radius 2 is 2.06 bits per heavy atom. The SMILES string of the molecule is CO[C@H]1CCOC12CN(C(=O)OC(C)(C)C)C2. The zero-order valence-corrected chi connectivity index (χ0v) is 11.0. The van der Waals surface area contributed by atoms with E-state index in [0.29, 0.717) is 19.7 Å². The molecule has 2 fully saturated rings. The summed E-state index contributed by atoms with van der Waals surface area (Å²) in [6, 6.07) is 0. The number of nitrogens with zero attached hydrogens (tertiary/aromatic N) is 1. The van der Waals surface area contributed by atoms with Crippen molar-refractivity contribution < 1.29 is 19.0 Å². The predicted molar refractivity (Wildman–Crippen MR) is 61.9 cm³/mol. The average Bonchev–Trinajstić information content (AvgIpc) is 2.55. The van der Waals surface area contributed by atoms with Crippen molar-refractivity contribution in [2.45, 2.75) is 44.5 Å². The number of hydrogen-bond acceptors (Lipinski definition) is 4. The highest BCUT2D eigenvalue weighted by Crippen LogP contribution is 2.37. The second kappa shape index (κ2) is 4.14. The van der Waals surface area contributed by atoms with Crippen LogP contribution < -0.4 is 0 Å². The molecule has 0 aromatic rings. The summed E-state index contributed by atoms with van der Waals surface area (Å²) in [4.78, 5) is 13.5. The minimum Gasteiger partial charge on any atom is -0.444 e. The van der Waals surface area contributed by atoms with Crippen LogP contribution in [-0.2, 0) is 14.2 Å². The van der Waals surface area contributed by atoms with Crippen molar-refractivity contribution in [1.29, 1.82) is 0 Å². The van der Waals surface area contributed by atoms with E-state index in [-0.39, 0.29) is 17.8 Å². The number of amides is 1. The standard InChI is InChI=1S/C12H21NO4/c1-11(2,3)17-10(14)13-7-12(8-13)9(15-4)5-6-16-12/h9H,5-8H2,1-4H3/t9-/m0/s1. The fourth-order valence-corrected chi connectivity index (χ4v) is 2.41. The maximum absolute atomic E-state index is 11.8. The van der Waals surface area contributed by atoms with Crippen molar-refractivity contribution in [3.63, 3.8) is 0 Å². The highest BCUT2D eigenvalue weighted by atomic mass is 16.6. The molecule has 0 N–H and O–H groups in total. The molecule has 2 aliphatic rings. The molecule has 2 heterocycles. The van der Waals surface area contributed by atoms with Gasteiger partial charge in [0.15, 0.2) is 0 Å². The van der Waals surface area contributed by atoms with E-state index in [9.17, 15) is 4.79 Å². The Morgan fingerprint density at radius 1 is 1.41 bits per heavy atom. The van der Waals surface area contributed by atoms with E-state index >= 15 is 0 Å². The van der Waals surface area contributed by atoms with Crippen LogP contribution in [-0.4, -0.2) is 55.1 Å². The zero-order chi connectivity index (χ0) is 12.7. The van der Waals surface area contributed by atoms with E-state index < -0.39 is 5.60 Å². The van der Waals surface area contributed by atoms with E-state index in [1.165, 1.54) is 0 Å². The van der Waals surface area contributed by atoms with Crippen molar-refractivity contribution >= 4 is 6.09 Å². The first kappa shape index (κ1) is 12.6. The molecule has 0 radical (unpaired) electrons. The molecule has 0 bridgehead atoms. The molecule has 5 heteroatoms. The monoisotopic (exact) mass is 243 g/mol. The second-order valence-electron chi connectivity index (χ2n) is 5.76. The van der Waals surface area contributed by atoms with Crippen LogP contribution in [0.25, 0.3) is 0 Å². The second-order valence-corrected chi connectivity index (χ2v) is 5.76. The van der Waals surface area contributed by atoms with Crippen LogP contribution in [0.5, 0.6) is 0 Å². The topological polar surface area (TPSA) is 48.0 Å². The maximum Gasteiger partial charge on any atom is 0.410 e. The number of ether oxygens (including phenoxy) is 3. The molecule has 17 heavy (non-hydrogen) atoms. The lowest BCUT2D eigenvalue weighted by molar-refractivity contribution is -0.155. The highest BCUT2D eigenvalue weighted by Gasteiger charge is 2.55. The molecule has 5 nitrogen and oxygen atoms in total. The maximum atomic E-state index is 11.8. The lowest BCUT2D eigenvalue weighted by Gasteiger charge is -2.49. The third-order valence-corrected chi connectivity index (χ3v) is 3.21. The first-order valence-electron chi connectivity index (χ1n) is 6.01. The molecule has 1 spiro atoms. The summed E-state index contributed by atoms with van der Waals surface area (Å²) in [6.45, 7) is 7.45. The third-order valence-electron chi connectivity index (χ3n) is 3.21. The van der Waals surface area contributed by atoms with Gasteiger partial charge in [0.2, 0.25) is 0 Å². The van der Waals surface area contributed by atoms with Gasteiger partial charge in [0, 0.05) is 7.11 Å². The first-order valence-corrected chi connectivity index (χ1v) is 6.01. The van der Waals surface area contributed by atoms with Gasteiger partial charge in [-0.1, -0.05) is 0 Å². The van der Waals surface area contributed by atoms with E-state index in [0.717, 1.165) is 6.42 Å². The van der Waals surface area contributed by atoms with Gasteiger partial charge in [-0.05, 0) is 27.2 Å². The van der Waals surface area contributed by atoms with Gasteiger partial charge in [-0.2, -0.15) is 0 Å². The summed E-state index contributed by atoms with van der Waals surface area (Å²) in [6.07, 6.45) is 0.730. The molecule has 2 rings (SSSR count). The van der Waals surface area contributed by atoms with Gasteiger partial charge in [-0.3, -0.25) is 0 Å². The molecule has 0 saturated carbocycles. The average molecular weight is 243 g/mol. The highest BCUT2D eigenvalue weighted by molar-refractivity contribution is 5.69. The van der Waals surface area contributed by atoms with Gasteiger partial charge >= 0.3 is 6.09 Å². The molecule has 1 atom stereocenters. The van der Waals surface area contributed by atoms with Crippen LogP contribution in [0.15, 0.2) is 0 Å². The molecule has 0 aromatic carbocycles. The van der Waals surface area contributed by atoms with Crippen LogP contribution in [0.4, 0.5) is 4.79 Å². The van der Waals surface area contributed by atoms with Crippen LogP contribution >= 0.6 is 0 Å². The number of likely N-dealkylation sites (tertiary alicyclic amines) is 1. The quantitative estimate of drug-likeness (QED) is 0.698. The number of carbonyl (C=O) groups excluding carboxylic acids is 1. The van der Waals surface area contributed by atoms with Crippen LogP contribution in [0.3, 0.4) is 0 Å². The van der Waals surface area contributed by atoms with E-state index in [2.05, 4.69) is 0 Å². The first-order chi connectivity index (χ1) is 7.86. The minimum atomic E-state index is -0.447. The Kier molecular flexibility index (Phi) is 3.08. The molecule has 0 aromatic heterocycles. The molecular formula is C12H21NO4. The summed E-state index contributed by atoms with van der Waals surface area (Å²) >= 11 is 0. The van der Waals surface area contributed by atoms with Gasteiger partial charge < -0.3 is 19.1 Å². The summed E-state index contributed by atoms with van der Waals surface area (Å²) in [5.41, 5.74) is -0.733. The predicted octanol–water partition coefficient (Wildman–Crippen LogP) is 1.41. The molecule has 2 saturated heterocycles. The molecule has 0 aliphatic carbocycles. The Bertz CT molecular complexity index is 304. The molecular weight excluding hydrogens is 222 g/mol. The van der Waals surface area contributed by atoms with Gasteiger partial charge in [0.05, 0.1) is 25.8 Å². The van der Waals surface area contributed by atoms with Crippen molar-refractivity contribution in [3.05, 3.63) is 0 Å². The Morgan fingerprint density at radius 3 is 2.59 bits per heavy atom. The fourth-order valence-electron chi connectivity index (χ4n) is 2.41. The van der Waals surface area contributed by atoms with Crippen LogP contribution in [0.2, 0.25) is 0 Å². The van der Waals surface area contributed by atoms with Crippen molar-refractivity contribution in [2.24, 2.45) is 0 Å². The summed E-state index contributed by atoms with van der Waals surface area (Å²) in [5.74, 6) is 0. The Hall–Kier alpha value is -0.810. The van der Waals surface area contributed by atoms with Gasteiger partial charge in [-0.15, -0.1) is 0 Å². The van der Waals surface area contributed by atoms with Gasteiger partial charge in [-0.25, -0.2) is 4.79 Å². The van der Waals surface area contributed by atoms with Crippen LogP contribution in [0.1, 0.15) is 27.2 Å². The smallest absolute Gasteiger partial charge is 0.410 e. The lowest BCUT2D eigenvalue weighted by Crippen LogP contribution is -2.68. The summed E-state index contributed by atoms with van der Waals surface area (Å²) < 4.78 is 16.4. The van der Waals surface area contributed by atoms with E-state index in [1.807, 2.05) is 20.8 Å². The molecule has 1 amide bonds. The van der Waals surface area contributed by atoms with Crippen molar-refractivity contribution in [2.75, 3.05) is 26.8 Å². The molecule has 98 valence electrons. The van der Waals surface area contributed by atoms with Gasteiger partial charge in [0.1, 0.15) is 11.2 Å². The van der Waals surface area contributed by atoms with Crippen molar-refractivity contribution in [1.82, 2.24) is 4.90 Å². The minimum absolute atomic E-state index is 0.0983. The fraction of sp³-hybridized carbons (Fsp3) is 0.917. The number of hydrogen-bond donors (Lipinski definition) is 0. The summed E-state index contributed by atoms with van der Waals surface area (Å²) in [5, 5.41) is 0. The Labute approximate surface area is 102 Å². The lowest BCUT2D eigenvalue weighted by atomic mass is 9.88.